The number of carbonyl (C=O) groups is 1. The van der Waals surface area contributed by atoms with Gasteiger partial charge < -0.3 is 10.0 Å². The average Bonchev–Trinajstić information content (AvgIpc) is 3.24. The molecule has 1 aromatic carbocycles. The van der Waals surface area contributed by atoms with Gasteiger partial charge in [-0.15, -0.1) is 11.3 Å². The van der Waals surface area contributed by atoms with Crippen molar-refractivity contribution >= 4 is 17.3 Å². The van der Waals surface area contributed by atoms with E-state index in [1.165, 1.54) is 0 Å². The smallest absolute Gasteiger partial charge is 0.303 e. The Kier molecular flexibility index (Phi) is 5.63. The van der Waals surface area contributed by atoms with Gasteiger partial charge in [0.25, 0.3) is 0 Å². The van der Waals surface area contributed by atoms with Crippen molar-refractivity contribution in [2.45, 2.75) is 19.4 Å². The van der Waals surface area contributed by atoms with Crippen molar-refractivity contribution in [2.24, 2.45) is 0 Å². The van der Waals surface area contributed by atoms with Gasteiger partial charge in [0.2, 0.25) is 0 Å². The Hall–Kier alpha value is -2.44. The van der Waals surface area contributed by atoms with Crippen molar-refractivity contribution in [2.75, 3.05) is 13.6 Å². The van der Waals surface area contributed by atoms with Crippen molar-refractivity contribution in [3.05, 3.63) is 59.6 Å². The standard InChI is InChI=1S/C19H21N3O2S/c1-21(11-5-10-18(23)24)13-15-14-22(16-7-3-2-4-8-16)20-19(15)17-9-6-12-25-17/h2-4,6-9,12,14H,5,10-11,13H2,1H3,(H,23,24). The quantitative estimate of drug-likeness (QED) is 0.666. The summed E-state index contributed by atoms with van der Waals surface area (Å²) >= 11 is 1.68. The fraction of sp³-hybridized carbons (Fsp3) is 0.263. The molecule has 2 aromatic heterocycles. The molecule has 5 nitrogen and oxygen atoms in total. The number of aliphatic carboxylic acids is 1. The molecular weight excluding hydrogens is 334 g/mol. The lowest BCUT2D eigenvalue weighted by atomic mass is 10.2. The molecule has 0 radical (unpaired) electrons. The monoisotopic (exact) mass is 355 g/mol. The van der Waals surface area contributed by atoms with Crippen LogP contribution in [-0.4, -0.2) is 39.3 Å². The molecule has 0 aliphatic carbocycles. The topological polar surface area (TPSA) is 58.4 Å². The number of rotatable bonds is 8. The number of carboxylic acids is 1. The van der Waals surface area contributed by atoms with E-state index in [2.05, 4.69) is 22.5 Å². The number of nitrogens with zero attached hydrogens (tertiary/aromatic N) is 3. The minimum absolute atomic E-state index is 0.200. The molecule has 2 heterocycles. The molecule has 0 bridgehead atoms. The molecule has 0 saturated carbocycles. The zero-order chi connectivity index (χ0) is 17.6. The summed E-state index contributed by atoms with van der Waals surface area (Å²) in [6, 6.07) is 14.2. The van der Waals surface area contributed by atoms with E-state index in [4.69, 9.17) is 10.2 Å². The predicted octanol–water partition coefficient (Wildman–Crippen LogP) is 3.90. The Labute approximate surface area is 151 Å². The van der Waals surface area contributed by atoms with Crippen LogP contribution in [0.2, 0.25) is 0 Å². The minimum Gasteiger partial charge on any atom is -0.481 e. The zero-order valence-corrected chi connectivity index (χ0v) is 14.9. The first-order chi connectivity index (χ1) is 12.1. The first-order valence-corrected chi connectivity index (χ1v) is 9.09. The molecule has 0 spiro atoms. The van der Waals surface area contributed by atoms with E-state index in [1.807, 2.05) is 48.1 Å². The second-order valence-electron chi connectivity index (χ2n) is 6.00. The van der Waals surface area contributed by atoms with Gasteiger partial charge in [0.05, 0.1) is 10.6 Å². The molecule has 0 atom stereocenters. The summed E-state index contributed by atoms with van der Waals surface area (Å²) in [5.41, 5.74) is 3.16. The fourth-order valence-electron chi connectivity index (χ4n) is 2.73. The van der Waals surface area contributed by atoms with Crippen LogP contribution in [0.25, 0.3) is 16.3 Å². The minimum atomic E-state index is -0.746. The molecule has 0 fully saturated rings. The largest absolute Gasteiger partial charge is 0.481 e. The van der Waals surface area contributed by atoms with Crippen molar-refractivity contribution in [1.82, 2.24) is 14.7 Å². The number of para-hydroxylation sites is 1. The van der Waals surface area contributed by atoms with Crippen molar-refractivity contribution < 1.29 is 9.90 Å². The van der Waals surface area contributed by atoms with Crippen LogP contribution in [0.15, 0.2) is 54.0 Å². The lowest BCUT2D eigenvalue weighted by molar-refractivity contribution is -0.137. The maximum absolute atomic E-state index is 10.7. The second kappa shape index (κ2) is 8.09. The molecule has 130 valence electrons. The van der Waals surface area contributed by atoms with Gasteiger partial charge in [-0.2, -0.15) is 5.10 Å². The lowest BCUT2D eigenvalue weighted by Gasteiger charge is -2.15. The Bertz CT molecular complexity index is 813. The van der Waals surface area contributed by atoms with Gasteiger partial charge in [-0.3, -0.25) is 4.79 Å². The third kappa shape index (κ3) is 4.55. The highest BCUT2D eigenvalue weighted by atomic mass is 32.1. The second-order valence-corrected chi connectivity index (χ2v) is 6.94. The van der Waals surface area contributed by atoms with Gasteiger partial charge >= 0.3 is 5.97 Å². The maximum Gasteiger partial charge on any atom is 0.303 e. The van der Waals surface area contributed by atoms with E-state index >= 15 is 0 Å². The highest BCUT2D eigenvalue weighted by Crippen LogP contribution is 2.28. The van der Waals surface area contributed by atoms with Crippen LogP contribution in [-0.2, 0) is 11.3 Å². The fourth-order valence-corrected chi connectivity index (χ4v) is 3.47. The summed E-state index contributed by atoms with van der Waals surface area (Å²) in [4.78, 5) is 14.0. The van der Waals surface area contributed by atoms with Gasteiger partial charge in [0.1, 0.15) is 5.69 Å². The first-order valence-electron chi connectivity index (χ1n) is 8.21. The molecule has 6 heteroatoms. The van der Waals surface area contributed by atoms with Crippen LogP contribution in [0, 0.1) is 0 Å². The van der Waals surface area contributed by atoms with Crippen LogP contribution in [0.3, 0.4) is 0 Å². The number of carboxylic acid groups (broad SMARTS) is 1. The zero-order valence-electron chi connectivity index (χ0n) is 14.1. The number of hydrogen-bond acceptors (Lipinski definition) is 4. The Balaban J connectivity index is 1.81. The van der Waals surface area contributed by atoms with Crippen LogP contribution in [0.4, 0.5) is 0 Å². The van der Waals surface area contributed by atoms with Gasteiger partial charge in [0.15, 0.2) is 0 Å². The molecule has 0 saturated heterocycles. The van der Waals surface area contributed by atoms with Gasteiger partial charge in [-0.25, -0.2) is 4.68 Å². The summed E-state index contributed by atoms with van der Waals surface area (Å²) in [5.74, 6) is -0.746. The molecule has 25 heavy (non-hydrogen) atoms. The summed E-state index contributed by atoms with van der Waals surface area (Å²) in [5, 5.41) is 15.6. The molecule has 0 amide bonds. The van der Waals surface area contributed by atoms with Crippen molar-refractivity contribution in [3.8, 4) is 16.3 Å². The van der Waals surface area contributed by atoms with Gasteiger partial charge in [-0.05, 0) is 43.6 Å². The SMILES string of the molecule is CN(CCCC(=O)O)Cc1cn(-c2ccccc2)nc1-c1cccs1. The normalized spacial score (nSPS) is 11.1. The summed E-state index contributed by atoms with van der Waals surface area (Å²) in [7, 11) is 2.01. The molecular formula is C19H21N3O2S. The van der Waals surface area contributed by atoms with Crippen molar-refractivity contribution in [1.29, 1.82) is 0 Å². The summed E-state index contributed by atoms with van der Waals surface area (Å²) in [6.45, 7) is 1.48. The van der Waals surface area contributed by atoms with E-state index in [0.717, 1.165) is 34.9 Å². The van der Waals surface area contributed by atoms with Crippen LogP contribution >= 0.6 is 11.3 Å². The number of hydrogen-bond donors (Lipinski definition) is 1. The summed E-state index contributed by atoms with van der Waals surface area (Å²) in [6.07, 6.45) is 2.91. The van der Waals surface area contributed by atoms with Crippen LogP contribution in [0.5, 0.6) is 0 Å². The molecule has 1 N–H and O–H groups in total. The predicted molar refractivity (Wildman–Crippen MR) is 100 cm³/mol. The Morgan fingerprint density at radius 1 is 1.24 bits per heavy atom. The van der Waals surface area contributed by atoms with Crippen LogP contribution in [0.1, 0.15) is 18.4 Å². The van der Waals surface area contributed by atoms with E-state index in [-0.39, 0.29) is 6.42 Å². The van der Waals surface area contributed by atoms with E-state index in [0.29, 0.717) is 6.42 Å². The third-order valence-electron chi connectivity index (χ3n) is 3.94. The molecule has 3 rings (SSSR count). The molecule has 0 unspecified atom stereocenters. The molecule has 0 aliphatic heterocycles. The van der Waals surface area contributed by atoms with E-state index < -0.39 is 5.97 Å². The Morgan fingerprint density at radius 3 is 2.72 bits per heavy atom. The summed E-state index contributed by atoms with van der Waals surface area (Å²) < 4.78 is 1.91. The average molecular weight is 355 g/mol. The molecule has 0 aliphatic rings. The Morgan fingerprint density at radius 2 is 2.04 bits per heavy atom. The van der Waals surface area contributed by atoms with Crippen molar-refractivity contribution in [3.63, 3.8) is 0 Å². The highest BCUT2D eigenvalue weighted by molar-refractivity contribution is 7.13. The van der Waals surface area contributed by atoms with Gasteiger partial charge in [-0.1, -0.05) is 24.3 Å². The lowest BCUT2D eigenvalue weighted by Crippen LogP contribution is -2.19. The molecule has 3 aromatic rings. The van der Waals surface area contributed by atoms with E-state index in [1.54, 1.807) is 11.3 Å². The van der Waals surface area contributed by atoms with Crippen LogP contribution < -0.4 is 0 Å². The number of benzene rings is 1. The number of aromatic nitrogens is 2. The number of thiophene rings is 1. The first kappa shape index (κ1) is 17.4. The highest BCUT2D eigenvalue weighted by Gasteiger charge is 2.15. The third-order valence-corrected chi connectivity index (χ3v) is 4.81. The maximum atomic E-state index is 10.7. The van der Waals surface area contributed by atoms with Gasteiger partial charge in [0, 0.05) is 24.7 Å². The van der Waals surface area contributed by atoms with E-state index in [9.17, 15) is 4.79 Å².